The minimum absolute atomic E-state index is 0.259. The molecule has 2 aromatic rings. The van der Waals surface area contributed by atoms with Crippen molar-refractivity contribution < 1.29 is 35.7 Å². The molecule has 22 heavy (non-hydrogen) atoms. The molecule has 10 heteroatoms. The summed E-state index contributed by atoms with van der Waals surface area (Å²) in [5, 5.41) is 9.35. The average Bonchev–Trinajstić information content (AvgIpc) is 2.45. The largest absolute Gasteiger partial charge is 0.394 e. The molecular weight excluding hydrogens is 336 g/mol. The second-order valence-electron chi connectivity index (χ2n) is 4.21. The molecule has 0 saturated heterocycles. The molecule has 2 rings (SSSR count). The van der Waals surface area contributed by atoms with Crippen LogP contribution in [0, 0.1) is 0 Å². The summed E-state index contributed by atoms with van der Waals surface area (Å²) in [6.45, 7) is -0.731. The molecule has 0 bridgehead atoms. The van der Waals surface area contributed by atoms with E-state index in [1.54, 1.807) is 0 Å². The van der Waals surface area contributed by atoms with Gasteiger partial charge in [0.1, 0.15) is 6.61 Å². The van der Waals surface area contributed by atoms with Crippen molar-refractivity contribution in [3.8, 4) is 0 Å². The van der Waals surface area contributed by atoms with E-state index in [-0.39, 0.29) is 21.8 Å². The van der Waals surface area contributed by atoms with Crippen LogP contribution >= 0.6 is 0 Å². The molecule has 8 nitrogen and oxygen atoms in total. The van der Waals surface area contributed by atoms with Crippen LogP contribution < -0.4 is 0 Å². The molecule has 0 fully saturated rings. The number of rotatable bonds is 6. The predicted molar refractivity (Wildman–Crippen MR) is 75.1 cm³/mol. The molecule has 0 radical (unpaired) electrons. The van der Waals surface area contributed by atoms with E-state index in [4.69, 9.17) is 9.66 Å². The van der Waals surface area contributed by atoms with Crippen LogP contribution in [-0.4, -0.2) is 39.7 Å². The van der Waals surface area contributed by atoms with Crippen LogP contribution in [0.5, 0.6) is 0 Å². The Labute approximate surface area is 126 Å². The molecule has 0 aromatic heterocycles. The highest BCUT2D eigenvalue weighted by atomic mass is 32.2. The summed E-state index contributed by atoms with van der Waals surface area (Å²) in [7, 11) is -8.61. The first-order valence-corrected chi connectivity index (χ1v) is 8.77. The Morgan fingerprint density at radius 2 is 1.50 bits per heavy atom. The van der Waals surface area contributed by atoms with Gasteiger partial charge in [0.05, 0.1) is 16.4 Å². The Balaban J connectivity index is 2.45. The predicted octanol–water partition coefficient (Wildman–Crippen LogP) is 0.716. The highest BCUT2D eigenvalue weighted by Crippen LogP contribution is 2.23. The summed E-state index contributed by atoms with van der Waals surface area (Å²) >= 11 is 0. The molecule has 2 N–H and O–H groups in total. The summed E-state index contributed by atoms with van der Waals surface area (Å²) in [5.74, 6) is 0. The second-order valence-corrected chi connectivity index (χ2v) is 7.15. The summed E-state index contributed by atoms with van der Waals surface area (Å²) in [4.78, 5) is 3.70. The first-order valence-electron chi connectivity index (χ1n) is 5.92. The fraction of sp³-hybridized carbons (Fsp3) is 0.167. The smallest absolute Gasteiger partial charge is 0.323 e. The first-order chi connectivity index (χ1) is 10.2. The van der Waals surface area contributed by atoms with E-state index in [1.807, 2.05) is 0 Å². The van der Waals surface area contributed by atoms with E-state index >= 15 is 0 Å². The highest BCUT2D eigenvalue weighted by Gasteiger charge is 2.18. The van der Waals surface area contributed by atoms with Crippen LogP contribution in [0.2, 0.25) is 0 Å². The van der Waals surface area contributed by atoms with Gasteiger partial charge >= 0.3 is 10.1 Å². The zero-order valence-corrected chi connectivity index (χ0v) is 12.7. The van der Waals surface area contributed by atoms with E-state index in [0.29, 0.717) is 5.39 Å². The van der Waals surface area contributed by atoms with E-state index in [9.17, 15) is 16.8 Å². The number of hydrogen-bond donors (Lipinski definition) is 2. The van der Waals surface area contributed by atoms with Crippen LogP contribution in [0.3, 0.4) is 0 Å². The molecule has 2 aromatic carbocycles. The zero-order valence-electron chi connectivity index (χ0n) is 11.0. The third kappa shape index (κ3) is 3.80. The van der Waals surface area contributed by atoms with Crippen molar-refractivity contribution in [2.45, 2.75) is 9.79 Å². The molecule has 0 aliphatic heterocycles. The van der Waals surface area contributed by atoms with E-state index < -0.39 is 26.8 Å². The number of aliphatic hydroxyl groups excluding tert-OH is 1. The lowest BCUT2D eigenvalue weighted by Gasteiger charge is -2.06. The lowest BCUT2D eigenvalue weighted by Crippen LogP contribution is -2.09. The quantitative estimate of drug-likeness (QED) is 0.338. The van der Waals surface area contributed by atoms with Gasteiger partial charge in [-0.2, -0.15) is 16.8 Å². The zero-order chi connectivity index (χ0) is 16.4. The number of aliphatic hydroxyl groups is 1. The monoisotopic (exact) mass is 348 g/mol. The van der Waals surface area contributed by atoms with Gasteiger partial charge < -0.3 is 5.11 Å². The van der Waals surface area contributed by atoms with Gasteiger partial charge in [-0.3, -0.25) is 4.55 Å². The lowest BCUT2D eigenvalue weighted by atomic mass is 10.1. The van der Waals surface area contributed by atoms with Crippen LogP contribution in [0.1, 0.15) is 0 Å². The summed E-state index contributed by atoms with van der Waals surface area (Å²) in [5.41, 5.74) is 0. The Morgan fingerprint density at radius 3 is 2.09 bits per heavy atom. The molecule has 0 aliphatic carbocycles. The summed E-state index contributed by atoms with van der Waals surface area (Å²) in [6, 6.07) is 7.66. The van der Waals surface area contributed by atoms with Gasteiger partial charge in [-0.05, 0) is 35.0 Å². The van der Waals surface area contributed by atoms with E-state index in [2.05, 4.69) is 9.22 Å². The van der Waals surface area contributed by atoms with Crippen molar-refractivity contribution >= 4 is 31.0 Å². The van der Waals surface area contributed by atoms with Crippen LogP contribution in [-0.2, 0) is 29.5 Å². The SMILES string of the molecule is O=S(=O)(O)c1ccc2ccc(S(=O)(=O)OOCCO)cc2c1. The van der Waals surface area contributed by atoms with E-state index in [1.165, 1.54) is 30.3 Å². The molecule has 0 heterocycles. The Kier molecular flexibility index (Phi) is 4.80. The van der Waals surface area contributed by atoms with Crippen LogP contribution in [0.25, 0.3) is 10.8 Å². The standard InChI is InChI=1S/C12H12O8S2/c13-5-6-19-20-22(17,18)12-4-2-9-1-3-11(21(14,15)16)7-10(9)8-12/h1-4,7-8,13H,5-6H2,(H,14,15,16). The van der Waals surface area contributed by atoms with Crippen molar-refractivity contribution in [2.75, 3.05) is 13.2 Å². The van der Waals surface area contributed by atoms with Crippen molar-refractivity contribution in [1.29, 1.82) is 0 Å². The Morgan fingerprint density at radius 1 is 0.909 bits per heavy atom. The summed E-state index contributed by atoms with van der Waals surface area (Å²) in [6.07, 6.45) is 0. The molecule has 0 unspecified atom stereocenters. The van der Waals surface area contributed by atoms with Crippen LogP contribution in [0.4, 0.5) is 0 Å². The topological polar surface area (TPSA) is 127 Å². The third-order valence-corrected chi connectivity index (χ3v) is 4.64. The highest BCUT2D eigenvalue weighted by molar-refractivity contribution is 7.86. The minimum atomic E-state index is -4.39. The van der Waals surface area contributed by atoms with Gasteiger partial charge in [-0.15, -0.1) is 4.33 Å². The first kappa shape index (κ1) is 16.8. The Bertz CT molecular complexity index is 886. The van der Waals surface area contributed by atoms with Gasteiger partial charge in [0, 0.05) is 0 Å². The summed E-state index contributed by atoms with van der Waals surface area (Å²) < 4.78 is 59.1. The van der Waals surface area contributed by atoms with Crippen molar-refractivity contribution in [3.63, 3.8) is 0 Å². The third-order valence-electron chi connectivity index (χ3n) is 2.68. The fourth-order valence-corrected chi connectivity index (χ4v) is 2.99. The van der Waals surface area contributed by atoms with Crippen molar-refractivity contribution in [3.05, 3.63) is 36.4 Å². The van der Waals surface area contributed by atoms with Gasteiger partial charge in [-0.1, -0.05) is 12.1 Å². The normalized spacial score (nSPS) is 12.6. The van der Waals surface area contributed by atoms with Gasteiger partial charge in [0.2, 0.25) is 0 Å². The molecular formula is C12H12O8S2. The molecule has 0 amide bonds. The fourth-order valence-electron chi connectivity index (χ4n) is 1.69. The number of benzene rings is 2. The minimum Gasteiger partial charge on any atom is -0.394 e. The molecule has 0 aliphatic rings. The lowest BCUT2D eigenvalue weighted by molar-refractivity contribution is -0.207. The average molecular weight is 348 g/mol. The maximum atomic E-state index is 11.8. The molecule has 0 atom stereocenters. The van der Waals surface area contributed by atoms with Gasteiger partial charge in [-0.25, -0.2) is 4.89 Å². The second kappa shape index (κ2) is 6.28. The number of fused-ring (bicyclic) bond motifs is 1. The van der Waals surface area contributed by atoms with Gasteiger partial charge in [0.15, 0.2) is 0 Å². The van der Waals surface area contributed by atoms with Crippen molar-refractivity contribution in [1.82, 2.24) is 0 Å². The Hall–Kier alpha value is -1.56. The number of hydrogen-bond acceptors (Lipinski definition) is 7. The molecule has 0 spiro atoms. The maximum Gasteiger partial charge on any atom is 0.323 e. The van der Waals surface area contributed by atoms with E-state index in [0.717, 1.165) is 6.07 Å². The molecule has 0 saturated carbocycles. The van der Waals surface area contributed by atoms with Crippen LogP contribution in [0.15, 0.2) is 46.2 Å². The maximum absolute atomic E-state index is 11.8. The van der Waals surface area contributed by atoms with Gasteiger partial charge in [0.25, 0.3) is 10.1 Å². The molecule has 120 valence electrons. The van der Waals surface area contributed by atoms with Crippen molar-refractivity contribution in [2.24, 2.45) is 0 Å².